The number of hydrogen-bond acceptors (Lipinski definition) is 2. The minimum Gasteiger partial charge on any atom is -0.451 e. The first-order valence-corrected chi connectivity index (χ1v) is 6.59. The molecule has 0 aliphatic carbocycles. The summed E-state index contributed by atoms with van der Waals surface area (Å²) >= 11 is 4.53. The Kier molecular flexibility index (Phi) is 4.88. The Morgan fingerprint density at radius 2 is 1.58 bits per heavy atom. The summed E-state index contributed by atoms with van der Waals surface area (Å²) in [5.41, 5.74) is 3.46. The molecule has 0 aromatic heterocycles. The van der Waals surface area contributed by atoms with Crippen LogP contribution in [0.2, 0.25) is 0 Å². The minimum atomic E-state index is -4.91. The van der Waals surface area contributed by atoms with Gasteiger partial charge in [-0.25, -0.2) is 13.2 Å². The molecule has 0 amide bonds. The third-order valence-corrected chi connectivity index (χ3v) is 2.84. The maximum Gasteiger partial charge on any atom is 0.416 e. The molecule has 0 bridgehead atoms. The van der Waals surface area contributed by atoms with Crippen LogP contribution in [0.25, 0.3) is 0 Å². The number of benzene rings is 2. The lowest BCUT2D eigenvalue weighted by molar-refractivity contribution is -0.138. The van der Waals surface area contributed by atoms with E-state index in [1.165, 1.54) is 0 Å². The number of hydrogen-bond donors (Lipinski definition) is 2. The van der Waals surface area contributed by atoms with E-state index in [-0.39, 0.29) is 28.7 Å². The summed E-state index contributed by atoms with van der Waals surface area (Å²) in [4.78, 5) is 0. The summed E-state index contributed by atoms with van der Waals surface area (Å²) in [5.74, 6) is -5.20. The maximum absolute atomic E-state index is 13.7. The smallest absolute Gasteiger partial charge is 0.416 e. The van der Waals surface area contributed by atoms with Gasteiger partial charge in [0.25, 0.3) is 0 Å². The predicted octanol–water partition coefficient (Wildman–Crippen LogP) is 4.57. The summed E-state index contributed by atoms with van der Waals surface area (Å²) in [6.45, 7) is 0. The number of alkyl halides is 3. The van der Waals surface area contributed by atoms with E-state index in [9.17, 15) is 26.3 Å². The summed E-state index contributed by atoms with van der Waals surface area (Å²) in [7, 11) is 0. The number of thiocarbonyl (C=S) groups is 1. The molecule has 0 heterocycles. The highest BCUT2D eigenvalue weighted by Gasteiger charge is 2.33. The van der Waals surface area contributed by atoms with E-state index in [1.54, 1.807) is 0 Å². The highest BCUT2D eigenvalue weighted by Crippen LogP contribution is 2.36. The van der Waals surface area contributed by atoms with Crippen molar-refractivity contribution in [2.45, 2.75) is 6.18 Å². The molecular weight excluding hydrogens is 358 g/mol. The Morgan fingerprint density at radius 3 is 2.08 bits per heavy atom. The van der Waals surface area contributed by atoms with Gasteiger partial charge < -0.3 is 15.8 Å². The Morgan fingerprint density at radius 1 is 1.00 bits per heavy atom. The standard InChI is InChI=1S/C14H8F6N2OS/c15-8-2-1-7(5-11(8)22-13(21)24)23-12-9(16)3-6(4-10(12)17)14(18,19)20/h1-5H,(H3,21,22,24). The summed E-state index contributed by atoms with van der Waals surface area (Å²) in [5, 5.41) is 2.01. The largest absolute Gasteiger partial charge is 0.451 e. The van der Waals surface area contributed by atoms with E-state index < -0.39 is 34.9 Å². The second-order valence-corrected chi connectivity index (χ2v) is 4.94. The minimum absolute atomic E-state index is 0.0934. The average Bonchev–Trinajstić information content (AvgIpc) is 2.44. The molecule has 0 aliphatic rings. The van der Waals surface area contributed by atoms with Crippen LogP contribution < -0.4 is 15.8 Å². The zero-order valence-electron chi connectivity index (χ0n) is 11.5. The molecule has 0 atom stereocenters. The number of ether oxygens (including phenoxy) is 1. The number of nitrogens with two attached hydrogens (primary N) is 1. The quantitative estimate of drug-likeness (QED) is 0.617. The van der Waals surface area contributed by atoms with Gasteiger partial charge in [-0.2, -0.15) is 13.2 Å². The van der Waals surface area contributed by atoms with Crippen LogP contribution in [0.15, 0.2) is 30.3 Å². The van der Waals surface area contributed by atoms with Gasteiger partial charge in [-0.3, -0.25) is 0 Å². The van der Waals surface area contributed by atoms with Gasteiger partial charge in [0, 0.05) is 6.07 Å². The van der Waals surface area contributed by atoms with Crippen molar-refractivity contribution in [2.24, 2.45) is 5.73 Å². The molecule has 0 unspecified atom stereocenters. The first kappa shape index (κ1) is 17.9. The molecule has 2 aromatic rings. The van der Waals surface area contributed by atoms with E-state index in [0.717, 1.165) is 18.2 Å². The van der Waals surface area contributed by atoms with Gasteiger partial charge in [-0.05, 0) is 36.5 Å². The van der Waals surface area contributed by atoms with Crippen LogP contribution in [0.1, 0.15) is 5.56 Å². The van der Waals surface area contributed by atoms with Crippen LogP contribution in [0.5, 0.6) is 11.5 Å². The Labute approximate surface area is 137 Å². The van der Waals surface area contributed by atoms with Crippen LogP contribution in [-0.2, 0) is 6.18 Å². The summed E-state index contributed by atoms with van der Waals surface area (Å²) < 4.78 is 83.3. The SMILES string of the molecule is NC(=S)Nc1cc(Oc2c(F)cc(C(F)(F)F)cc2F)ccc1F. The number of halogens is 6. The van der Waals surface area contributed by atoms with Gasteiger partial charge in [0.05, 0.1) is 11.3 Å². The van der Waals surface area contributed by atoms with Crippen LogP contribution in [-0.4, -0.2) is 5.11 Å². The summed E-state index contributed by atoms with van der Waals surface area (Å²) in [6, 6.07) is 3.10. The van der Waals surface area contributed by atoms with Crippen molar-refractivity contribution >= 4 is 23.0 Å². The second-order valence-electron chi connectivity index (χ2n) is 4.50. The third-order valence-electron chi connectivity index (χ3n) is 2.74. The van der Waals surface area contributed by atoms with E-state index in [2.05, 4.69) is 17.5 Å². The van der Waals surface area contributed by atoms with Gasteiger partial charge in [0.2, 0.25) is 0 Å². The normalized spacial score (nSPS) is 11.2. The molecule has 0 radical (unpaired) electrons. The van der Waals surface area contributed by atoms with Crippen molar-refractivity contribution in [3.05, 3.63) is 53.3 Å². The molecule has 0 aliphatic heterocycles. The highest BCUT2D eigenvalue weighted by molar-refractivity contribution is 7.80. The van der Waals surface area contributed by atoms with Gasteiger partial charge in [-0.15, -0.1) is 0 Å². The fraction of sp³-hybridized carbons (Fsp3) is 0.0714. The maximum atomic E-state index is 13.7. The van der Waals surface area contributed by atoms with E-state index in [1.807, 2.05) is 0 Å². The Hall–Kier alpha value is -2.49. The van der Waals surface area contributed by atoms with E-state index in [4.69, 9.17) is 10.5 Å². The van der Waals surface area contributed by atoms with Crippen LogP contribution in [0, 0.1) is 17.5 Å². The molecule has 3 N–H and O–H groups in total. The lowest BCUT2D eigenvalue weighted by Gasteiger charge is -2.13. The number of rotatable bonds is 3. The lowest BCUT2D eigenvalue weighted by Crippen LogP contribution is -2.19. The first-order chi connectivity index (χ1) is 11.1. The van der Waals surface area contributed by atoms with E-state index in [0.29, 0.717) is 0 Å². The van der Waals surface area contributed by atoms with Crippen molar-refractivity contribution in [2.75, 3.05) is 5.32 Å². The molecule has 128 valence electrons. The van der Waals surface area contributed by atoms with Gasteiger partial charge in [0.1, 0.15) is 11.6 Å². The van der Waals surface area contributed by atoms with Crippen molar-refractivity contribution in [3.63, 3.8) is 0 Å². The highest BCUT2D eigenvalue weighted by atomic mass is 32.1. The van der Waals surface area contributed by atoms with Crippen molar-refractivity contribution < 1.29 is 31.1 Å². The fourth-order valence-corrected chi connectivity index (χ4v) is 1.85. The summed E-state index contributed by atoms with van der Waals surface area (Å²) in [6.07, 6.45) is -4.91. The molecule has 24 heavy (non-hydrogen) atoms. The molecule has 3 nitrogen and oxygen atoms in total. The molecule has 0 saturated heterocycles. The van der Waals surface area contributed by atoms with Crippen molar-refractivity contribution in [3.8, 4) is 11.5 Å². The van der Waals surface area contributed by atoms with Crippen LogP contribution in [0.3, 0.4) is 0 Å². The van der Waals surface area contributed by atoms with E-state index >= 15 is 0 Å². The van der Waals surface area contributed by atoms with Gasteiger partial charge in [-0.1, -0.05) is 0 Å². The van der Waals surface area contributed by atoms with Gasteiger partial charge in [0.15, 0.2) is 22.5 Å². The van der Waals surface area contributed by atoms with Gasteiger partial charge >= 0.3 is 6.18 Å². The zero-order valence-corrected chi connectivity index (χ0v) is 12.4. The number of nitrogens with one attached hydrogen (secondary N) is 1. The molecule has 2 rings (SSSR count). The molecule has 10 heteroatoms. The number of anilines is 1. The van der Waals surface area contributed by atoms with Crippen molar-refractivity contribution in [1.82, 2.24) is 0 Å². The molecule has 0 spiro atoms. The molecule has 0 fully saturated rings. The fourth-order valence-electron chi connectivity index (χ4n) is 1.74. The Balaban J connectivity index is 2.36. The lowest BCUT2D eigenvalue weighted by atomic mass is 10.2. The average molecular weight is 366 g/mol. The monoisotopic (exact) mass is 366 g/mol. The molecule has 0 saturated carbocycles. The predicted molar refractivity (Wildman–Crippen MR) is 78.2 cm³/mol. The third kappa shape index (κ3) is 4.07. The Bertz CT molecular complexity index is 770. The van der Waals surface area contributed by atoms with Crippen LogP contribution in [0.4, 0.5) is 32.0 Å². The topological polar surface area (TPSA) is 47.3 Å². The van der Waals surface area contributed by atoms with Crippen LogP contribution >= 0.6 is 12.2 Å². The second kappa shape index (κ2) is 6.56. The molecular formula is C14H8F6N2OS. The zero-order chi connectivity index (χ0) is 18.1. The van der Waals surface area contributed by atoms with Crippen molar-refractivity contribution in [1.29, 1.82) is 0 Å². The first-order valence-electron chi connectivity index (χ1n) is 6.18. The molecule has 2 aromatic carbocycles.